The molecule has 0 atom stereocenters. The zero-order valence-electron chi connectivity index (χ0n) is 8.00. The largest absolute Gasteiger partial charge is 0.396 e. The van der Waals surface area contributed by atoms with E-state index in [1.807, 2.05) is 12.2 Å². The van der Waals surface area contributed by atoms with Crippen LogP contribution in [-0.2, 0) is 0 Å². The highest BCUT2D eigenvalue weighted by Crippen LogP contribution is 1.99. The van der Waals surface area contributed by atoms with E-state index in [1.54, 1.807) is 0 Å². The molecule has 0 aromatic carbocycles. The van der Waals surface area contributed by atoms with Crippen molar-refractivity contribution in [2.45, 2.75) is 39.0 Å². The first-order valence-corrected chi connectivity index (χ1v) is 4.84. The summed E-state index contributed by atoms with van der Waals surface area (Å²) in [5, 5.41) is 8.46. The number of rotatable bonds is 7. The zero-order chi connectivity index (χ0) is 9.07. The van der Waals surface area contributed by atoms with Crippen molar-refractivity contribution < 1.29 is 5.11 Å². The number of aliphatic hydroxyl groups is 1. The molecule has 0 fully saturated rings. The van der Waals surface area contributed by atoms with Crippen LogP contribution in [0.5, 0.6) is 0 Å². The predicted octanol–water partition coefficient (Wildman–Crippen LogP) is 3.06. The topological polar surface area (TPSA) is 20.2 Å². The van der Waals surface area contributed by atoms with E-state index in [9.17, 15) is 0 Å². The molecular formula is C11H20O. The van der Waals surface area contributed by atoms with Crippen molar-refractivity contribution in [2.75, 3.05) is 6.61 Å². The third-order valence-corrected chi connectivity index (χ3v) is 1.65. The summed E-state index contributed by atoms with van der Waals surface area (Å²) in [5.41, 5.74) is 0. The second-order valence-electron chi connectivity index (χ2n) is 2.86. The van der Waals surface area contributed by atoms with Crippen LogP contribution in [0.25, 0.3) is 0 Å². The third kappa shape index (κ3) is 9.44. The molecule has 0 radical (unpaired) electrons. The second kappa shape index (κ2) is 10.4. The van der Waals surface area contributed by atoms with Crippen molar-refractivity contribution in [3.05, 3.63) is 24.3 Å². The molecule has 0 amide bonds. The molecule has 0 bridgehead atoms. The lowest BCUT2D eigenvalue weighted by Gasteiger charge is -1.89. The van der Waals surface area contributed by atoms with E-state index in [-0.39, 0.29) is 6.61 Å². The standard InChI is InChI=1S/C11H20O/c1-2-3-4-5-6-7-8-9-10-11-12/h6-9,12H,2-5,10-11H2,1H3/b7-6-,9-8-. The average Bonchev–Trinajstić information content (AvgIpc) is 2.10. The summed E-state index contributed by atoms with van der Waals surface area (Å²) < 4.78 is 0. The fourth-order valence-electron chi connectivity index (χ4n) is 0.936. The summed E-state index contributed by atoms with van der Waals surface area (Å²) in [6.07, 6.45) is 14.1. The third-order valence-electron chi connectivity index (χ3n) is 1.65. The van der Waals surface area contributed by atoms with E-state index in [2.05, 4.69) is 19.1 Å². The molecule has 0 aliphatic carbocycles. The van der Waals surface area contributed by atoms with Gasteiger partial charge in [0, 0.05) is 6.61 Å². The van der Waals surface area contributed by atoms with Gasteiger partial charge in [-0.1, -0.05) is 44.1 Å². The Labute approximate surface area is 75.8 Å². The molecule has 0 rings (SSSR count). The van der Waals surface area contributed by atoms with Crippen LogP contribution in [0.15, 0.2) is 24.3 Å². The van der Waals surface area contributed by atoms with Crippen LogP contribution in [0.1, 0.15) is 39.0 Å². The van der Waals surface area contributed by atoms with Crippen molar-refractivity contribution in [3.63, 3.8) is 0 Å². The first-order chi connectivity index (χ1) is 5.91. The van der Waals surface area contributed by atoms with E-state index in [1.165, 1.54) is 25.7 Å². The van der Waals surface area contributed by atoms with Gasteiger partial charge >= 0.3 is 0 Å². The Balaban J connectivity index is 3.13. The monoisotopic (exact) mass is 168 g/mol. The van der Waals surface area contributed by atoms with Crippen LogP contribution in [-0.4, -0.2) is 11.7 Å². The average molecular weight is 168 g/mol. The molecule has 0 saturated heterocycles. The Kier molecular flexibility index (Phi) is 9.95. The molecule has 0 heterocycles. The van der Waals surface area contributed by atoms with Gasteiger partial charge in [-0.25, -0.2) is 0 Å². The highest BCUT2D eigenvalue weighted by Gasteiger charge is 1.79. The van der Waals surface area contributed by atoms with Crippen LogP contribution in [0.3, 0.4) is 0 Å². The minimum Gasteiger partial charge on any atom is -0.396 e. The molecule has 1 nitrogen and oxygen atoms in total. The number of hydrogen-bond acceptors (Lipinski definition) is 1. The highest BCUT2D eigenvalue weighted by atomic mass is 16.2. The van der Waals surface area contributed by atoms with Crippen LogP contribution >= 0.6 is 0 Å². The highest BCUT2D eigenvalue weighted by molar-refractivity contribution is 5.02. The van der Waals surface area contributed by atoms with Crippen LogP contribution in [0.2, 0.25) is 0 Å². The molecule has 70 valence electrons. The van der Waals surface area contributed by atoms with E-state index in [4.69, 9.17) is 5.11 Å². The molecule has 1 heteroatoms. The first-order valence-electron chi connectivity index (χ1n) is 4.84. The van der Waals surface area contributed by atoms with Gasteiger partial charge in [0.05, 0.1) is 0 Å². The van der Waals surface area contributed by atoms with Crippen molar-refractivity contribution >= 4 is 0 Å². The van der Waals surface area contributed by atoms with Gasteiger partial charge in [-0.05, 0) is 19.3 Å². The number of allylic oxidation sites excluding steroid dienone is 3. The number of aliphatic hydroxyl groups excluding tert-OH is 1. The molecule has 0 aromatic rings. The minimum atomic E-state index is 0.250. The van der Waals surface area contributed by atoms with Gasteiger partial charge in [0.25, 0.3) is 0 Å². The summed E-state index contributed by atoms with van der Waals surface area (Å²) in [6, 6.07) is 0. The molecule has 12 heavy (non-hydrogen) atoms. The lowest BCUT2D eigenvalue weighted by Crippen LogP contribution is -1.74. The van der Waals surface area contributed by atoms with Crippen LogP contribution in [0.4, 0.5) is 0 Å². The van der Waals surface area contributed by atoms with Crippen molar-refractivity contribution in [1.82, 2.24) is 0 Å². The predicted molar refractivity (Wildman–Crippen MR) is 54.1 cm³/mol. The lowest BCUT2D eigenvalue weighted by atomic mass is 10.2. The van der Waals surface area contributed by atoms with Gasteiger partial charge in [-0.15, -0.1) is 0 Å². The Morgan fingerprint density at radius 2 is 1.67 bits per heavy atom. The quantitative estimate of drug-likeness (QED) is 0.457. The maximum absolute atomic E-state index is 8.46. The molecular weight excluding hydrogens is 148 g/mol. The summed E-state index contributed by atoms with van der Waals surface area (Å²) in [4.78, 5) is 0. The molecule has 0 saturated carbocycles. The molecule has 1 N–H and O–H groups in total. The summed E-state index contributed by atoms with van der Waals surface area (Å²) in [6.45, 7) is 2.46. The maximum atomic E-state index is 8.46. The molecule has 0 aliphatic rings. The Morgan fingerprint density at radius 3 is 2.25 bits per heavy atom. The lowest BCUT2D eigenvalue weighted by molar-refractivity contribution is 0.302. The van der Waals surface area contributed by atoms with Gasteiger partial charge in [-0.2, -0.15) is 0 Å². The Morgan fingerprint density at radius 1 is 1.00 bits per heavy atom. The fraction of sp³-hybridized carbons (Fsp3) is 0.636. The molecule has 0 spiro atoms. The maximum Gasteiger partial charge on any atom is 0.0465 e. The Hall–Kier alpha value is -0.560. The molecule has 0 aliphatic heterocycles. The summed E-state index contributed by atoms with van der Waals surface area (Å²) in [5.74, 6) is 0. The number of hydrogen-bond donors (Lipinski definition) is 1. The van der Waals surface area contributed by atoms with E-state index >= 15 is 0 Å². The summed E-state index contributed by atoms with van der Waals surface area (Å²) in [7, 11) is 0. The van der Waals surface area contributed by atoms with Gasteiger partial charge < -0.3 is 5.11 Å². The number of unbranched alkanes of at least 4 members (excludes halogenated alkanes) is 3. The molecule has 0 unspecified atom stereocenters. The van der Waals surface area contributed by atoms with E-state index in [0.29, 0.717) is 0 Å². The normalized spacial score (nSPS) is 11.8. The van der Waals surface area contributed by atoms with Gasteiger partial charge in [0.1, 0.15) is 0 Å². The first kappa shape index (κ1) is 11.4. The summed E-state index contributed by atoms with van der Waals surface area (Å²) >= 11 is 0. The van der Waals surface area contributed by atoms with Crippen LogP contribution < -0.4 is 0 Å². The van der Waals surface area contributed by atoms with Gasteiger partial charge in [-0.3, -0.25) is 0 Å². The Bertz CT molecular complexity index is 125. The van der Waals surface area contributed by atoms with Crippen molar-refractivity contribution in [1.29, 1.82) is 0 Å². The smallest absolute Gasteiger partial charge is 0.0465 e. The SMILES string of the molecule is CCCCC/C=C\C=C/CCO. The van der Waals surface area contributed by atoms with Crippen LogP contribution in [0, 0.1) is 0 Å². The minimum absolute atomic E-state index is 0.250. The van der Waals surface area contributed by atoms with Gasteiger partial charge in [0.2, 0.25) is 0 Å². The van der Waals surface area contributed by atoms with Crippen molar-refractivity contribution in [2.24, 2.45) is 0 Å². The zero-order valence-corrected chi connectivity index (χ0v) is 8.00. The second-order valence-corrected chi connectivity index (χ2v) is 2.86. The fourth-order valence-corrected chi connectivity index (χ4v) is 0.936. The van der Waals surface area contributed by atoms with Crippen molar-refractivity contribution in [3.8, 4) is 0 Å². The van der Waals surface area contributed by atoms with Gasteiger partial charge in [0.15, 0.2) is 0 Å². The van der Waals surface area contributed by atoms with E-state index in [0.717, 1.165) is 6.42 Å². The van der Waals surface area contributed by atoms with E-state index < -0.39 is 0 Å². The molecule has 0 aromatic heterocycles.